The highest BCUT2D eigenvalue weighted by molar-refractivity contribution is 7.90. The van der Waals surface area contributed by atoms with Crippen molar-refractivity contribution in [2.75, 3.05) is 31.1 Å². The van der Waals surface area contributed by atoms with Gasteiger partial charge in [0.25, 0.3) is 0 Å². The van der Waals surface area contributed by atoms with Crippen LogP contribution in [0.1, 0.15) is 47.8 Å². The molecule has 36 heavy (non-hydrogen) atoms. The predicted molar refractivity (Wildman–Crippen MR) is 135 cm³/mol. The molecule has 11 heteroatoms. The molecule has 4 heterocycles. The van der Waals surface area contributed by atoms with Crippen molar-refractivity contribution in [2.45, 2.75) is 43.3 Å². The van der Waals surface area contributed by atoms with E-state index >= 15 is 0 Å². The number of anilines is 1. The average molecular weight is 530 g/mol. The van der Waals surface area contributed by atoms with Crippen molar-refractivity contribution in [3.63, 3.8) is 0 Å². The molecule has 3 aromatic rings. The van der Waals surface area contributed by atoms with E-state index in [4.69, 9.17) is 16.1 Å². The summed E-state index contributed by atoms with van der Waals surface area (Å²) >= 11 is 6.13. The Labute approximate surface area is 215 Å². The second-order valence-corrected chi connectivity index (χ2v) is 12.0. The zero-order valence-electron chi connectivity index (χ0n) is 20.1. The summed E-state index contributed by atoms with van der Waals surface area (Å²) in [6.07, 6.45) is 7.65. The molecule has 1 spiro atoms. The van der Waals surface area contributed by atoms with E-state index in [-0.39, 0.29) is 33.0 Å². The van der Waals surface area contributed by atoms with Crippen LogP contribution in [0.15, 0.2) is 52.1 Å². The molecule has 2 aromatic heterocycles. The Morgan fingerprint density at radius 3 is 2.39 bits per heavy atom. The van der Waals surface area contributed by atoms with Gasteiger partial charge in [0, 0.05) is 44.3 Å². The van der Waals surface area contributed by atoms with Crippen molar-refractivity contribution in [3.05, 3.63) is 65.0 Å². The van der Waals surface area contributed by atoms with Gasteiger partial charge in [-0.05, 0) is 61.8 Å². The molecule has 0 aliphatic carbocycles. The van der Waals surface area contributed by atoms with E-state index in [0.717, 1.165) is 38.8 Å². The standard InChI is InChI=1S/C25H28ClN5O4S/c1-18-3-2-4-20(26)22(18)36(33,34)17-21-28-23(35-29-21)24(32)31-15-9-25(10-16-31)7-13-30(14-8-25)19-5-11-27-12-6-19/h2-6,11-12H,7-10,13-17H2,1H3. The number of sulfone groups is 1. The van der Waals surface area contributed by atoms with Gasteiger partial charge in [0.05, 0.1) is 9.92 Å². The molecule has 2 aliphatic rings. The van der Waals surface area contributed by atoms with Gasteiger partial charge in [0.2, 0.25) is 0 Å². The van der Waals surface area contributed by atoms with Crippen LogP contribution in [-0.4, -0.2) is 60.5 Å². The first-order chi connectivity index (χ1) is 17.3. The number of likely N-dealkylation sites (tertiary alicyclic amines) is 1. The number of aryl methyl sites for hydroxylation is 1. The van der Waals surface area contributed by atoms with Gasteiger partial charge in [-0.25, -0.2) is 8.42 Å². The molecule has 2 aliphatic heterocycles. The molecule has 9 nitrogen and oxygen atoms in total. The fourth-order valence-electron chi connectivity index (χ4n) is 5.27. The second-order valence-electron chi connectivity index (χ2n) is 9.65. The molecular weight excluding hydrogens is 502 g/mol. The van der Waals surface area contributed by atoms with Crippen molar-refractivity contribution >= 4 is 33.0 Å². The van der Waals surface area contributed by atoms with Gasteiger partial charge >= 0.3 is 11.8 Å². The monoisotopic (exact) mass is 529 g/mol. The fraction of sp³-hybridized carbons (Fsp3) is 0.440. The van der Waals surface area contributed by atoms with Crippen LogP contribution in [0, 0.1) is 12.3 Å². The van der Waals surface area contributed by atoms with Crippen LogP contribution in [0.4, 0.5) is 5.69 Å². The molecule has 2 fully saturated rings. The Kier molecular flexibility index (Phi) is 6.74. The van der Waals surface area contributed by atoms with E-state index in [0.29, 0.717) is 18.7 Å². The van der Waals surface area contributed by atoms with Crippen molar-refractivity contribution in [2.24, 2.45) is 5.41 Å². The topological polar surface area (TPSA) is 110 Å². The molecule has 190 valence electrons. The van der Waals surface area contributed by atoms with Crippen LogP contribution in [0.3, 0.4) is 0 Å². The molecule has 0 atom stereocenters. The van der Waals surface area contributed by atoms with Crippen molar-refractivity contribution in [3.8, 4) is 0 Å². The Bertz CT molecular complexity index is 1320. The summed E-state index contributed by atoms with van der Waals surface area (Å²) in [5, 5.41) is 3.90. The molecule has 1 aromatic carbocycles. The van der Waals surface area contributed by atoms with Crippen LogP contribution in [0.2, 0.25) is 5.02 Å². The highest BCUT2D eigenvalue weighted by Gasteiger charge is 2.39. The number of piperidine rings is 2. The molecule has 2 saturated heterocycles. The van der Waals surface area contributed by atoms with E-state index in [9.17, 15) is 13.2 Å². The molecule has 5 rings (SSSR count). The second kappa shape index (κ2) is 9.82. The number of carbonyl (C=O) groups is 1. The van der Waals surface area contributed by atoms with E-state index in [1.165, 1.54) is 11.8 Å². The molecular formula is C25H28ClN5O4S. The summed E-state index contributed by atoms with van der Waals surface area (Å²) in [5.74, 6) is -1.09. The summed E-state index contributed by atoms with van der Waals surface area (Å²) in [5.41, 5.74) is 1.98. The summed E-state index contributed by atoms with van der Waals surface area (Å²) in [6.45, 7) is 4.89. The molecule has 0 N–H and O–H groups in total. The van der Waals surface area contributed by atoms with Crippen LogP contribution in [0.5, 0.6) is 0 Å². The minimum absolute atomic E-state index is 0.0423. The Morgan fingerprint density at radius 2 is 1.72 bits per heavy atom. The van der Waals surface area contributed by atoms with Gasteiger partial charge in [-0.15, -0.1) is 0 Å². The first-order valence-corrected chi connectivity index (χ1v) is 14.0. The Hall–Kier alpha value is -2.98. The van der Waals surface area contributed by atoms with Gasteiger partial charge in [-0.2, -0.15) is 4.98 Å². The smallest absolute Gasteiger partial charge is 0.316 e. The number of amides is 1. The number of rotatable bonds is 5. The maximum Gasteiger partial charge on any atom is 0.316 e. The fourth-order valence-corrected chi connectivity index (χ4v) is 7.37. The first kappa shape index (κ1) is 24.7. The van der Waals surface area contributed by atoms with E-state index in [2.05, 4.69) is 20.0 Å². The number of halogens is 1. The Balaban J connectivity index is 1.19. The van der Waals surface area contributed by atoms with E-state index in [1.807, 2.05) is 24.5 Å². The zero-order chi connectivity index (χ0) is 25.3. The number of hydrogen-bond acceptors (Lipinski definition) is 8. The van der Waals surface area contributed by atoms with Gasteiger partial charge in [0.1, 0.15) is 5.75 Å². The van der Waals surface area contributed by atoms with Gasteiger partial charge in [0.15, 0.2) is 15.7 Å². The van der Waals surface area contributed by atoms with Crippen LogP contribution in [-0.2, 0) is 15.6 Å². The van der Waals surface area contributed by atoms with Crippen LogP contribution in [0.25, 0.3) is 0 Å². The van der Waals surface area contributed by atoms with Crippen molar-refractivity contribution < 1.29 is 17.7 Å². The normalized spacial score (nSPS) is 17.9. The van der Waals surface area contributed by atoms with Crippen molar-refractivity contribution in [1.82, 2.24) is 20.0 Å². The number of aromatic nitrogens is 3. The van der Waals surface area contributed by atoms with Crippen molar-refractivity contribution in [1.29, 1.82) is 0 Å². The molecule has 0 saturated carbocycles. The Morgan fingerprint density at radius 1 is 1.06 bits per heavy atom. The average Bonchev–Trinajstić information content (AvgIpc) is 3.32. The number of hydrogen-bond donors (Lipinski definition) is 0. The molecule has 1 amide bonds. The maximum atomic E-state index is 13.0. The minimum atomic E-state index is -3.80. The number of nitrogens with zero attached hydrogens (tertiary/aromatic N) is 5. The minimum Gasteiger partial charge on any atom is -0.371 e. The summed E-state index contributed by atoms with van der Waals surface area (Å²) in [6, 6.07) is 8.97. The number of carbonyl (C=O) groups excluding carboxylic acids is 1. The third-order valence-corrected chi connectivity index (χ3v) is 9.64. The number of pyridine rings is 1. The molecule has 0 unspecified atom stereocenters. The lowest BCUT2D eigenvalue weighted by Crippen LogP contribution is -2.48. The molecule has 0 bridgehead atoms. The van der Waals surface area contributed by atoms with Gasteiger partial charge in [-0.3, -0.25) is 9.78 Å². The van der Waals surface area contributed by atoms with Gasteiger partial charge in [-0.1, -0.05) is 28.9 Å². The lowest BCUT2D eigenvalue weighted by Gasteiger charge is -2.47. The SMILES string of the molecule is Cc1cccc(Cl)c1S(=O)(=O)Cc1noc(C(=O)N2CCC3(CC2)CCN(c2ccncc2)CC3)n1. The lowest BCUT2D eigenvalue weighted by atomic mass is 9.71. The summed E-state index contributed by atoms with van der Waals surface area (Å²) < 4.78 is 31.0. The first-order valence-electron chi connectivity index (χ1n) is 12.0. The third-order valence-electron chi connectivity index (χ3n) is 7.41. The highest BCUT2D eigenvalue weighted by atomic mass is 35.5. The summed E-state index contributed by atoms with van der Waals surface area (Å²) in [4.78, 5) is 25.4. The third kappa shape index (κ3) is 4.97. The number of benzene rings is 1. The predicted octanol–water partition coefficient (Wildman–Crippen LogP) is 3.92. The lowest BCUT2D eigenvalue weighted by molar-refractivity contribution is 0.0473. The zero-order valence-corrected chi connectivity index (χ0v) is 21.6. The quantitative estimate of drug-likeness (QED) is 0.489. The largest absolute Gasteiger partial charge is 0.371 e. The van der Waals surface area contributed by atoms with Crippen LogP contribution >= 0.6 is 11.6 Å². The summed E-state index contributed by atoms with van der Waals surface area (Å²) in [7, 11) is -3.80. The van der Waals surface area contributed by atoms with Crippen LogP contribution < -0.4 is 4.90 Å². The van der Waals surface area contributed by atoms with E-state index in [1.54, 1.807) is 24.0 Å². The van der Waals surface area contributed by atoms with Gasteiger partial charge < -0.3 is 14.3 Å². The highest BCUT2D eigenvalue weighted by Crippen LogP contribution is 2.42. The maximum absolute atomic E-state index is 13.0. The van der Waals surface area contributed by atoms with E-state index < -0.39 is 15.6 Å². The molecule has 0 radical (unpaired) electrons.